The number of hydrogen-bond acceptors (Lipinski definition) is 4. The second-order valence-corrected chi connectivity index (χ2v) is 5.11. The molecule has 3 rings (SSSR count). The summed E-state index contributed by atoms with van der Waals surface area (Å²) < 4.78 is 1.28. The lowest BCUT2D eigenvalue weighted by atomic mass is 10.2. The predicted octanol–water partition coefficient (Wildman–Crippen LogP) is 2.09. The van der Waals surface area contributed by atoms with Crippen LogP contribution in [0.2, 0.25) is 0 Å². The highest BCUT2D eigenvalue weighted by atomic mass is 32.1. The van der Waals surface area contributed by atoms with Gasteiger partial charge in [0.2, 0.25) is 0 Å². The molecule has 0 bridgehead atoms. The minimum atomic E-state index is 0.636. The normalized spacial score (nSPS) is 20.8. The first-order valence-corrected chi connectivity index (χ1v) is 6.50. The summed E-state index contributed by atoms with van der Waals surface area (Å²) in [7, 11) is 2.04. The zero-order valence-electron chi connectivity index (χ0n) is 9.31. The molecule has 0 saturated carbocycles. The Hall–Kier alpha value is -1.13. The van der Waals surface area contributed by atoms with Gasteiger partial charge in [-0.2, -0.15) is 0 Å². The Labute approximate surface area is 99.1 Å². The van der Waals surface area contributed by atoms with Crippen molar-refractivity contribution in [3.05, 3.63) is 23.7 Å². The molecule has 3 nitrogen and oxygen atoms in total. The largest absolute Gasteiger partial charge is 0.370 e. The molecule has 2 aromatic rings. The van der Waals surface area contributed by atoms with Crippen LogP contribution < -0.4 is 10.2 Å². The summed E-state index contributed by atoms with van der Waals surface area (Å²) in [5, 5.41) is 3.34. The lowest BCUT2D eigenvalue weighted by molar-refractivity contribution is 0.617. The minimum Gasteiger partial charge on any atom is -0.370 e. The highest BCUT2D eigenvalue weighted by molar-refractivity contribution is 7.16. The van der Waals surface area contributed by atoms with E-state index in [-0.39, 0.29) is 0 Å². The van der Waals surface area contributed by atoms with E-state index in [2.05, 4.69) is 33.4 Å². The number of nitrogens with one attached hydrogen (secondary N) is 1. The fourth-order valence-electron chi connectivity index (χ4n) is 2.27. The summed E-state index contributed by atoms with van der Waals surface area (Å²) in [4.78, 5) is 6.75. The summed E-state index contributed by atoms with van der Waals surface area (Å²) in [5.41, 5.74) is 4.35. The molecular formula is C12H15N3S. The quantitative estimate of drug-likeness (QED) is 0.861. The SMILES string of the molecule is CNC1CCN(c2ccc3ncsc3c2)C1. The van der Waals surface area contributed by atoms with Crippen molar-refractivity contribution in [2.75, 3.05) is 25.0 Å². The second-order valence-electron chi connectivity index (χ2n) is 4.22. The number of rotatable bonds is 2. The van der Waals surface area contributed by atoms with E-state index in [1.807, 2.05) is 12.6 Å². The topological polar surface area (TPSA) is 28.2 Å². The lowest BCUT2D eigenvalue weighted by Crippen LogP contribution is -2.29. The number of benzene rings is 1. The van der Waals surface area contributed by atoms with Gasteiger partial charge in [0.15, 0.2) is 0 Å². The fraction of sp³-hybridized carbons (Fsp3) is 0.417. The number of hydrogen-bond donors (Lipinski definition) is 1. The van der Waals surface area contributed by atoms with Gasteiger partial charge in [-0.05, 0) is 31.7 Å². The number of fused-ring (bicyclic) bond motifs is 1. The second kappa shape index (κ2) is 4.03. The van der Waals surface area contributed by atoms with Crippen LogP contribution in [0.3, 0.4) is 0 Å². The molecule has 1 saturated heterocycles. The van der Waals surface area contributed by atoms with Gasteiger partial charge in [-0.15, -0.1) is 11.3 Å². The van der Waals surface area contributed by atoms with Crippen molar-refractivity contribution in [1.29, 1.82) is 0 Å². The fourth-order valence-corrected chi connectivity index (χ4v) is 2.98. The Balaban J connectivity index is 1.88. The summed E-state index contributed by atoms with van der Waals surface area (Å²) in [6, 6.07) is 7.19. The van der Waals surface area contributed by atoms with E-state index in [9.17, 15) is 0 Å². The zero-order valence-corrected chi connectivity index (χ0v) is 10.1. The Morgan fingerprint density at radius 1 is 1.50 bits per heavy atom. The maximum Gasteiger partial charge on any atom is 0.0813 e. The molecule has 1 aliphatic heterocycles. The van der Waals surface area contributed by atoms with Gasteiger partial charge in [0, 0.05) is 24.8 Å². The van der Waals surface area contributed by atoms with E-state index in [0.717, 1.165) is 18.6 Å². The molecule has 16 heavy (non-hydrogen) atoms. The van der Waals surface area contributed by atoms with Gasteiger partial charge in [-0.25, -0.2) is 4.98 Å². The summed E-state index contributed by atoms with van der Waals surface area (Å²) in [6.45, 7) is 2.26. The highest BCUT2D eigenvalue weighted by Gasteiger charge is 2.21. The van der Waals surface area contributed by atoms with Crippen LogP contribution in [0.15, 0.2) is 23.7 Å². The van der Waals surface area contributed by atoms with Crippen molar-refractivity contribution < 1.29 is 0 Å². The smallest absolute Gasteiger partial charge is 0.0813 e. The molecule has 1 aromatic heterocycles. The van der Waals surface area contributed by atoms with Gasteiger partial charge in [0.25, 0.3) is 0 Å². The summed E-state index contributed by atoms with van der Waals surface area (Å²) in [6.07, 6.45) is 1.23. The van der Waals surface area contributed by atoms with Crippen molar-refractivity contribution >= 4 is 27.2 Å². The monoisotopic (exact) mass is 233 g/mol. The van der Waals surface area contributed by atoms with Crippen LogP contribution in [-0.2, 0) is 0 Å². The molecule has 0 spiro atoms. The Morgan fingerprint density at radius 2 is 2.44 bits per heavy atom. The first kappa shape index (κ1) is 10.1. The summed E-state index contributed by atoms with van der Waals surface area (Å²) in [5.74, 6) is 0. The average molecular weight is 233 g/mol. The molecule has 1 N–H and O–H groups in total. The molecule has 1 unspecified atom stereocenters. The van der Waals surface area contributed by atoms with Crippen molar-refractivity contribution in [3.8, 4) is 0 Å². The van der Waals surface area contributed by atoms with Gasteiger partial charge in [0.1, 0.15) is 0 Å². The molecule has 1 aromatic carbocycles. The molecule has 0 aliphatic carbocycles. The third kappa shape index (κ3) is 1.68. The number of anilines is 1. The van der Waals surface area contributed by atoms with Crippen molar-refractivity contribution in [1.82, 2.24) is 10.3 Å². The van der Waals surface area contributed by atoms with E-state index < -0.39 is 0 Å². The van der Waals surface area contributed by atoms with Crippen LogP contribution in [0.4, 0.5) is 5.69 Å². The van der Waals surface area contributed by atoms with Gasteiger partial charge < -0.3 is 10.2 Å². The van der Waals surface area contributed by atoms with Crippen LogP contribution >= 0.6 is 11.3 Å². The predicted molar refractivity (Wildman–Crippen MR) is 69.3 cm³/mol. The number of thiazole rings is 1. The molecule has 4 heteroatoms. The highest BCUT2D eigenvalue weighted by Crippen LogP contribution is 2.26. The van der Waals surface area contributed by atoms with Gasteiger partial charge in [-0.3, -0.25) is 0 Å². The molecule has 0 radical (unpaired) electrons. The van der Waals surface area contributed by atoms with E-state index in [4.69, 9.17) is 0 Å². The van der Waals surface area contributed by atoms with Crippen LogP contribution in [0.1, 0.15) is 6.42 Å². The molecule has 0 amide bonds. The van der Waals surface area contributed by atoms with Gasteiger partial charge in [0.05, 0.1) is 15.7 Å². The van der Waals surface area contributed by atoms with Crippen molar-refractivity contribution in [3.63, 3.8) is 0 Å². The van der Waals surface area contributed by atoms with Crippen LogP contribution in [-0.4, -0.2) is 31.2 Å². The minimum absolute atomic E-state index is 0.636. The molecule has 2 heterocycles. The molecular weight excluding hydrogens is 218 g/mol. The zero-order chi connectivity index (χ0) is 11.0. The molecule has 84 valence electrons. The number of aromatic nitrogens is 1. The Bertz CT molecular complexity index is 494. The Morgan fingerprint density at radius 3 is 3.25 bits per heavy atom. The van der Waals surface area contributed by atoms with Crippen LogP contribution in [0.5, 0.6) is 0 Å². The standard InChI is InChI=1S/C12H15N3S/c1-13-9-4-5-15(7-9)10-2-3-11-12(6-10)16-8-14-11/h2-3,6,8-9,13H,4-5,7H2,1H3. The van der Waals surface area contributed by atoms with E-state index in [0.29, 0.717) is 6.04 Å². The third-order valence-corrected chi connectivity index (χ3v) is 4.07. The maximum atomic E-state index is 4.31. The summed E-state index contributed by atoms with van der Waals surface area (Å²) >= 11 is 1.71. The molecule has 1 atom stereocenters. The maximum absolute atomic E-state index is 4.31. The van der Waals surface area contributed by atoms with E-state index >= 15 is 0 Å². The number of likely N-dealkylation sites (N-methyl/N-ethyl adjacent to an activating group) is 1. The van der Waals surface area contributed by atoms with Crippen LogP contribution in [0, 0.1) is 0 Å². The van der Waals surface area contributed by atoms with Crippen molar-refractivity contribution in [2.24, 2.45) is 0 Å². The van der Waals surface area contributed by atoms with E-state index in [1.165, 1.54) is 16.8 Å². The molecule has 1 aliphatic rings. The van der Waals surface area contributed by atoms with Crippen molar-refractivity contribution in [2.45, 2.75) is 12.5 Å². The molecule has 1 fully saturated rings. The first-order valence-electron chi connectivity index (χ1n) is 5.62. The Kier molecular flexibility index (Phi) is 2.53. The lowest BCUT2D eigenvalue weighted by Gasteiger charge is -2.18. The first-order chi connectivity index (χ1) is 7.86. The van der Waals surface area contributed by atoms with E-state index in [1.54, 1.807) is 11.3 Å². The van der Waals surface area contributed by atoms with Gasteiger partial charge >= 0.3 is 0 Å². The third-order valence-electron chi connectivity index (χ3n) is 3.28. The van der Waals surface area contributed by atoms with Crippen LogP contribution in [0.25, 0.3) is 10.2 Å². The number of nitrogens with zero attached hydrogens (tertiary/aromatic N) is 2. The van der Waals surface area contributed by atoms with Gasteiger partial charge in [-0.1, -0.05) is 0 Å². The average Bonchev–Trinajstić information content (AvgIpc) is 2.96.